The summed E-state index contributed by atoms with van der Waals surface area (Å²) in [6, 6.07) is 23.1. The SMILES string of the molecule is N=C(N)c1ccc(C(NC(=O)[C@H](NCC(=O)O)C(c2ccccc2)c2ccccc2)C(=O)[C@@H]2CCCN2)cc1. The smallest absolute Gasteiger partial charge is 0.317 e. The Morgan fingerprint density at radius 2 is 1.51 bits per heavy atom. The van der Waals surface area contributed by atoms with Crippen LogP contribution in [0, 0.1) is 5.41 Å². The molecular formula is C30H33N5O4. The van der Waals surface area contributed by atoms with Crippen LogP contribution in [0.15, 0.2) is 84.9 Å². The highest BCUT2D eigenvalue weighted by atomic mass is 16.4. The average Bonchev–Trinajstić information content (AvgIpc) is 3.49. The molecule has 39 heavy (non-hydrogen) atoms. The number of amidine groups is 1. The van der Waals surface area contributed by atoms with E-state index < -0.39 is 42.5 Å². The zero-order valence-corrected chi connectivity index (χ0v) is 21.5. The third-order valence-electron chi connectivity index (χ3n) is 6.94. The number of ketones is 1. The first-order chi connectivity index (χ1) is 18.8. The number of nitrogen functional groups attached to an aromatic ring is 1. The van der Waals surface area contributed by atoms with Crippen molar-refractivity contribution in [1.29, 1.82) is 5.41 Å². The summed E-state index contributed by atoms with van der Waals surface area (Å²) < 4.78 is 0. The second kappa shape index (κ2) is 12.9. The fourth-order valence-corrected chi connectivity index (χ4v) is 4.99. The second-order valence-corrected chi connectivity index (χ2v) is 9.58. The Kier molecular flexibility index (Phi) is 9.19. The Morgan fingerprint density at radius 3 is 2.00 bits per heavy atom. The molecule has 1 heterocycles. The van der Waals surface area contributed by atoms with E-state index in [1.807, 2.05) is 60.7 Å². The van der Waals surface area contributed by atoms with Gasteiger partial charge >= 0.3 is 5.97 Å². The molecular weight excluding hydrogens is 494 g/mol. The van der Waals surface area contributed by atoms with E-state index in [0.717, 1.165) is 17.5 Å². The molecule has 4 rings (SSSR count). The molecule has 3 atom stereocenters. The average molecular weight is 528 g/mol. The topological polar surface area (TPSA) is 157 Å². The molecule has 1 aliphatic heterocycles. The van der Waals surface area contributed by atoms with Gasteiger partial charge in [0, 0.05) is 11.5 Å². The van der Waals surface area contributed by atoms with Gasteiger partial charge in [0.2, 0.25) is 5.91 Å². The normalized spacial score (nSPS) is 16.4. The number of carboxylic acid groups (broad SMARTS) is 1. The predicted molar refractivity (Wildman–Crippen MR) is 149 cm³/mol. The summed E-state index contributed by atoms with van der Waals surface area (Å²) in [4.78, 5) is 39.2. The molecule has 1 unspecified atom stereocenters. The summed E-state index contributed by atoms with van der Waals surface area (Å²) in [5.41, 5.74) is 8.31. The van der Waals surface area contributed by atoms with Crippen molar-refractivity contribution in [2.24, 2.45) is 5.73 Å². The fourth-order valence-electron chi connectivity index (χ4n) is 4.99. The Labute approximate surface area is 227 Å². The molecule has 1 saturated heterocycles. The number of Topliss-reactive ketones (excluding diaryl/α,β-unsaturated/α-hetero) is 1. The zero-order chi connectivity index (χ0) is 27.8. The number of aliphatic carboxylic acids is 1. The van der Waals surface area contributed by atoms with E-state index in [4.69, 9.17) is 11.1 Å². The van der Waals surface area contributed by atoms with Crippen LogP contribution in [0.4, 0.5) is 0 Å². The first-order valence-electron chi connectivity index (χ1n) is 12.9. The van der Waals surface area contributed by atoms with Crippen LogP contribution in [0.5, 0.6) is 0 Å². The number of carbonyl (C=O) groups excluding carboxylic acids is 2. The molecule has 0 radical (unpaired) electrons. The monoisotopic (exact) mass is 527 g/mol. The van der Waals surface area contributed by atoms with Gasteiger partial charge in [-0.15, -0.1) is 0 Å². The van der Waals surface area contributed by atoms with Crippen LogP contribution in [0.3, 0.4) is 0 Å². The van der Waals surface area contributed by atoms with Crippen molar-refractivity contribution in [2.75, 3.05) is 13.1 Å². The van der Waals surface area contributed by atoms with E-state index >= 15 is 0 Å². The summed E-state index contributed by atoms with van der Waals surface area (Å²) >= 11 is 0. The molecule has 7 N–H and O–H groups in total. The van der Waals surface area contributed by atoms with Crippen LogP contribution < -0.4 is 21.7 Å². The van der Waals surface area contributed by atoms with Gasteiger partial charge in [-0.3, -0.25) is 25.1 Å². The maximum absolute atomic E-state index is 14.0. The lowest BCUT2D eigenvalue weighted by Crippen LogP contribution is -2.52. The third-order valence-corrected chi connectivity index (χ3v) is 6.94. The first-order valence-corrected chi connectivity index (χ1v) is 12.9. The van der Waals surface area contributed by atoms with E-state index in [0.29, 0.717) is 24.1 Å². The van der Waals surface area contributed by atoms with E-state index in [2.05, 4.69) is 16.0 Å². The molecule has 1 fully saturated rings. The lowest BCUT2D eigenvalue weighted by Gasteiger charge is -2.30. The number of rotatable bonds is 12. The highest BCUT2D eigenvalue weighted by Gasteiger charge is 2.36. The van der Waals surface area contributed by atoms with Crippen molar-refractivity contribution in [3.05, 3.63) is 107 Å². The molecule has 0 saturated carbocycles. The molecule has 3 aromatic rings. The first kappa shape index (κ1) is 27.7. The minimum atomic E-state index is -1.10. The highest BCUT2D eigenvalue weighted by molar-refractivity contribution is 5.97. The Bertz CT molecular complexity index is 1250. The number of hydrogen-bond acceptors (Lipinski definition) is 6. The second-order valence-electron chi connectivity index (χ2n) is 9.58. The van der Waals surface area contributed by atoms with Crippen molar-refractivity contribution in [2.45, 2.75) is 36.9 Å². The summed E-state index contributed by atoms with van der Waals surface area (Å²) in [6.45, 7) is 0.275. The van der Waals surface area contributed by atoms with Crippen LogP contribution in [0.1, 0.15) is 47.1 Å². The summed E-state index contributed by atoms with van der Waals surface area (Å²) in [5, 5.41) is 26.2. The van der Waals surface area contributed by atoms with Gasteiger partial charge in [0.05, 0.1) is 18.6 Å². The van der Waals surface area contributed by atoms with Gasteiger partial charge in [0.1, 0.15) is 11.9 Å². The van der Waals surface area contributed by atoms with Crippen LogP contribution in [0.2, 0.25) is 0 Å². The predicted octanol–water partition coefficient (Wildman–Crippen LogP) is 2.32. The van der Waals surface area contributed by atoms with Crippen LogP contribution in [-0.4, -0.2) is 53.8 Å². The quantitative estimate of drug-likeness (QED) is 0.156. The van der Waals surface area contributed by atoms with Crippen molar-refractivity contribution >= 4 is 23.5 Å². The molecule has 9 nitrogen and oxygen atoms in total. The number of carboxylic acids is 1. The van der Waals surface area contributed by atoms with Gasteiger partial charge in [-0.05, 0) is 36.1 Å². The summed E-state index contributed by atoms with van der Waals surface area (Å²) in [5.74, 6) is -2.40. The zero-order valence-electron chi connectivity index (χ0n) is 21.5. The van der Waals surface area contributed by atoms with Crippen molar-refractivity contribution in [1.82, 2.24) is 16.0 Å². The Balaban J connectivity index is 1.72. The lowest BCUT2D eigenvalue weighted by atomic mass is 9.84. The summed E-state index contributed by atoms with van der Waals surface area (Å²) in [6.07, 6.45) is 1.52. The minimum absolute atomic E-state index is 0.0996. The minimum Gasteiger partial charge on any atom is -0.480 e. The van der Waals surface area contributed by atoms with Gasteiger partial charge in [-0.2, -0.15) is 0 Å². The summed E-state index contributed by atoms with van der Waals surface area (Å²) in [7, 11) is 0. The fraction of sp³-hybridized carbons (Fsp3) is 0.267. The van der Waals surface area contributed by atoms with Crippen molar-refractivity contribution in [3.8, 4) is 0 Å². The molecule has 3 aromatic carbocycles. The van der Waals surface area contributed by atoms with E-state index in [1.165, 1.54) is 0 Å². The van der Waals surface area contributed by atoms with Crippen LogP contribution in [0.25, 0.3) is 0 Å². The number of hydrogen-bond donors (Lipinski definition) is 6. The largest absolute Gasteiger partial charge is 0.480 e. The number of benzene rings is 3. The Hall–Kier alpha value is -4.34. The Morgan fingerprint density at radius 1 is 0.923 bits per heavy atom. The van der Waals surface area contributed by atoms with Gasteiger partial charge in [0.15, 0.2) is 5.78 Å². The number of nitrogens with one attached hydrogen (secondary N) is 4. The molecule has 0 bridgehead atoms. The molecule has 1 aliphatic rings. The molecule has 0 spiro atoms. The van der Waals surface area contributed by atoms with E-state index in [-0.39, 0.29) is 11.6 Å². The molecule has 1 amide bonds. The van der Waals surface area contributed by atoms with Crippen LogP contribution >= 0.6 is 0 Å². The molecule has 0 aliphatic carbocycles. The van der Waals surface area contributed by atoms with E-state index in [1.54, 1.807) is 24.3 Å². The van der Waals surface area contributed by atoms with Gasteiger partial charge in [-0.25, -0.2) is 0 Å². The number of amides is 1. The molecule has 202 valence electrons. The van der Waals surface area contributed by atoms with E-state index in [9.17, 15) is 19.5 Å². The van der Waals surface area contributed by atoms with Crippen LogP contribution in [-0.2, 0) is 14.4 Å². The van der Waals surface area contributed by atoms with Crippen molar-refractivity contribution < 1.29 is 19.5 Å². The van der Waals surface area contributed by atoms with Gasteiger partial charge < -0.3 is 21.5 Å². The third kappa shape index (κ3) is 6.95. The lowest BCUT2D eigenvalue weighted by molar-refractivity contribution is -0.136. The van der Waals surface area contributed by atoms with Gasteiger partial charge in [0.25, 0.3) is 0 Å². The standard InChI is InChI=1S/C30H33N5O4/c31-29(32)22-15-13-21(14-16-22)26(28(38)23-12-7-17-33-23)35-30(39)27(34-18-24(36)37)25(19-8-3-1-4-9-19)20-10-5-2-6-11-20/h1-6,8-11,13-16,23,25-27,33-34H,7,12,17-18H2,(H3,31,32)(H,35,39)(H,36,37)/t23-,26?,27+/m0/s1. The maximum atomic E-state index is 14.0. The number of carbonyl (C=O) groups is 3. The molecule has 9 heteroatoms. The number of nitrogens with two attached hydrogens (primary N) is 1. The van der Waals surface area contributed by atoms with Gasteiger partial charge in [-0.1, -0.05) is 84.9 Å². The van der Waals surface area contributed by atoms with Crippen molar-refractivity contribution in [3.63, 3.8) is 0 Å². The maximum Gasteiger partial charge on any atom is 0.317 e. The molecule has 0 aromatic heterocycles. The highest BCUT2D eigenvalue weighted by Crippen LogP contribution is 2.29.